The molecule has 1 atom stereocenters. The number of carbonyl (C=O) groups excluding carboxylic acids is 1. The molecule has 0 aliphatic carbocycles. The highest BCUT2D eigenvalue weighted by atomic mass is 127. The molecule has 0 bridgehead atoms. The minimum absolute atomic E-state index is 0. The van der Waals surface area contributed by atoms with Crippen LogP contribution in [0.15, 0.2) is 29.3 Å². The first-order chi connectivity index (χ1) is 13.5. The van der Waals surface area contributed by atoms with Crippen molar-refractivity contribution in [1.82, 2.24) is 20.4 Å². The summed E-state index contributed by atoms with van der Waals surface area (Å²) in [6.45, 7) is 9.84. The lowest BCUT2D eigenvalue weighted by Gasteiger charge is -2.26. The van der Waals surface area contributed by atoms with Crippen molar-refractivity contribution in [2.75, 3.05) is 60.0 Å². The van der Waals surface area contributed by atoms with Crippen LogP contribution in [0.4, 0.5) is 0 Å². The number of morpholine rings is 1. The second-order valence-electron chi connectivity index (χ2n) is 7.41. The number of guanidine groups is 1. The zero-order valence-corrected chi connectivity index (χ0v) is 20.4. The molecular formula is C21H36IN5O2. The number of ether oxygens (including phenoxy) is 1. The lowest BCUT2D eigenvalue weighted by Crippen LogP contribution is -2.42. The van der Waals surface area contributed by atoms with Crippen molar-refractivity contribution >= 4 is 35.8 Å². The van der Waals surface area contributed by atoms with Crippen LogP contribution in [0.2, 0.25) is 0 Å². The van der Waals surface area contributed by atoms with Crippen molar-refractivity contribution in [2.24, 2.45) is 4.99 Å². The Labute approximate surface area is 192 Å². The Balaban J connectivity index is 0.00000420. The topological polar surface area (TPSA) is 69.2 Å². The number of nitrogens with one attached hydrogen (secondary N) is 2. The van der Waals surface area contributed by atoms with Crippen molar-refractivity contribution < 1.29 is 9.53 Å². The number of hydrogen-bond acceptors (Lipinski definition) is 4. The maximum absolute atomic E-state index is 11.9. The van der Waals surface area contributed by atoms with Gasteiger partial charge in [0, 0.05) is 33.7 Å². The molecule has 1 heterocycles. The van der Waals surface area contributed by atoms with E-state index in [1.165, 1.54) is 11.1 Å². The van der Waals surface area contributed by atoms with E-state index in [1.54, 1.807) is 19.0 Å². The smallest absolute Gasteiger partial charge is 0.243 e. The lowest BCUT2D eigenvalue weighted by molar-refractivity contribution is -0.127. The van der Waals surface area contributed by atoms with Gasteiger partial charge in [0.15, 0.2) is 5.96 Å². The first-order valence-corrected chi connectivity index (χ1v) is 10.1. The van der Waals surface area contributed by atoms with Crippen LogP contribution in [0.5, 0.6) is 0 Å². The van der Waals surface area contributed by atoms with Gasteiger partial charge in [0.25, 0.3) is 0 Å². The number of hydrogen-bond donors (Lipinski definition) is 2. The van der Waals surface area contributed by atoms with Crippen LogP contribution >= 0.6 is 24.0 Å². The Hall–Kier alpha value is -1.39. The third-order valence-electron chi connectivity index (χ3n) is 4.93. The number of likely N-dealkylation sites (N-methyl/N-ethyl adjacent to an activating group) is 1. The third-order valence-corrected chi connectivity index (χ3v) is 4.93. The summed E-state index contributed by atoms with van der Waals surface area (Å²) in [5.41, 5.74) is 2.46. The van der Waals surface area contributed by atoms with Crippen LogP contribution in [0.25, 0.3) is 0 Å². The first-order valence-electron chi connectivity index (χ1n) is 10.1. The summed E-state index contributed by atoms with van der Waals surface area (Å²) in [5, 5.41) is 6.83. The summed E-state index contributed by atoms with van der Waals surface area (Å²) >= 11 is 0. The molecule has 1 amide bonds. The summed E-state index contributed by atoms with van der Waals surface area (Å²) in [6, 6.07) is 8.41. The summed E-state index contributed by atoms with van der Waals surface area (Å²) < 4.78 is 5.39. The fourth-order valence-corrected chi connectivity index (χ4v) is 3.13. The monoisotopic (exact) mass is 517 g/mol. The second-order valence-corrected chi connectivity index (χ2v) is 7.41. The number of halogens is 1. The number of carbonyl (C=O) groups is 1. The molecule has 1 aliphatic heterocycles. The van der Waals surface area contributed by atoms with E-state index >= 15 is 0 Å². The summed E-state index contributed by atoms with van der Waals surface area (Å²) in [4.78, 5) is 20.4. The predicted molar refractivity (Wildman–Crippen MR) is 129 cm³/mol. The molecule has 1 aliphatic rings. The average Bonchev–Trinajstić information content (AvgIpc) is 2.69. The Kier molecular flexibility index (Phi) is 12.2. The number of benzene rings is 1. The molecular weight excluding hydrogens is 481 g/mol. The standard InChI is InChI=1S/C21H35N5O2.HI/c1-17-8-5-6-9-19(17)18(2)24-21(23-16-20(27)25(3)4)22-10-7-11-26-12-14-28-15-13-26;/h5-6,8-9,18H,7,10-16H2,1-4H3,(H2,22,23,24);1H. The average molecular weight is 517 g/mol. The molecule has 1 aromatic carbocycles. The Morgan fingerprint density at radius 1 is 1.28 bits per heavy atom. The van der Waals surface area contributed by atoms with E-state index in [-0.39, 0.29) is 42.5 Å². The Bertz CT molecular complexity index is 648. The highest BCUT2D eigenvalue weighted by Gasteiger charge is 2.12. The van der Waals surface area contributed by atoms with Gasteiger partial charge >= 0.3 is 0 Å². The molecule has 2 rings (SSSR count). The van der Waals surface area contributed by atoms with Crippen molar-refractivity contribution in [3.05, 3.63) is 35.4 Å². The normalized spacial score (nSPS) is 15.9. The molecule has 1 fully saturated rings. The molecule has 1 aromatic rings. The van der Waals surface area contributed by atoms with Gasteiger partial charge in [-0.15, -0.1) is 24.0 Å². The molecule has 0 aromatic heterocycles. The first kappa shape index (κ1) is 25.6. The van der Waals surface area contributed by atoms with Crippen LogP contribution < -0.4 is 10.6 Å². The molecule has 1 unspecified atom stereocenters. The molecule has 0 spiro atoms. The van der Waals surface area contributed by atoms with E-state index in [2.05, 4.69) is 46.5 Å². The van der Waals surface area contributed by atoms with Crippen LogP contribution in [0, 0.1) is 6.92 Å². The van der Waals surface area contributed by atoms with Gasteiger partial charge in [0.2, 0.25) is 5.91 Å². The van der Waals surface area contributed by atoms with Crippen molar-refractivity contribution in [2.45, 2.75) is 26.3 Å². The van der Waals surface area contributed by atoms with E-state index in [1.807, 2.05) is 12.1 Å². The van der Waals surface area contributed by atoms with E-state index < -0.39 is 0 Å². The maximum atomic E-state index is 11.9. The molecule has 0 radical (unpaired) electrons. The van der Waals surface area contributed by atoms with Crippen LogP contribution in [-0.4, -0.2) is 81.7 Å². The lowest BCUT2D eigenvalue weighted by atomic mass is 10.0. The minimum atomic E-state index is -0.0158. The van der Waals surface area contributed by atoms with Crippen molar-refractivity contribution in [3.8, 4) is 0 Å². The van der Waals surface area contributed by atoms with Gasteiger partial charge in [0.1, 0.15) is 6.54 Å². The van der Waals surface area contributed by atoms with E-state index in [4.69, 9.17) is 4.74 Å². The Morgan fingerprint density at radius 3 is 2.62 bits per heavy atom. The fourth-order valence-electron chi connectivity index (χ4n) is 3.13. The maximum Gasteiger partial charge on any atom is 0.243 e. The number of aliphatic imine (C=N–C) groups is 1. The van der Waals surface area contributed by atoms with E-state index in [9.17, 15) is 4.79 Å². The van der Waals surface area contributed by atoms with Gasteiger partial charge in [-0.3, -0.25) is 9.69 Å². The molecule has 29 heavy (non-hydrogen) atoms. The van der Waals surface area contributed by atoms with Gasteiger partial charge in [-0.25, -0.2) is 4.99 Å². The number of amides is 1. The SMILES string of the molecule is Cc1ccccc1C(C)NC(=NCC(=O)N(C)C)NCCCN1CCOCC1.I. The van der Waals surface area contributed by atoms with Crippen molar-refractivity contribution in [3.63, 3.8) is 0 Å². The van der Waals surface area contributed by atoms with Crippen LogP contribution in [-0.2, 0) is 9.53 Å². The fraction of sp³-hybridized carbons (Fsp3) is 0.619. The van der Waals surface area contributed by atoms with Crippen LogP contribution in [0.1, 0.15) is 30.5 Å². The zero-order valence-electron chi connectivity index (χ0n) is 18.1. The summed E-state index contributed by atoms with van der Waals surface area (Å²) in [7, 11) is 3.49. The summed E-state index contributed by atoms with van der Waals surface area (Å²) in [6.07, 6.45) is 1.01. The predicted octanol–water partition coefficient (Wildman–Crippen LogP) is 2.02. The molecule has 0 saturated carbocycles. The van der Waals surface area contributed by atoms with Gasteiger partial charge in [-0.1, -0.05) is 24.3 Å². The molecule has 164 valence electrons. The Morgan fingerprint density at radius 2 is 1.97 bits per heavy atom. The van der Waals surface area contributed by atoms with E-state index in [0.717, 1.165) is 45.8 Å². The third kappa shape index (κ3) is 9.31. The van der Waals surface area contributed by atoms with E-state index in [0.29, 0.717) is 5.96 Å². The number of nitrogens with zero attached hydrogens (tertiary/aromatic N) is 3. The molecule has 8 heteroatoms. The molecule has 7 nitrogen and oxygen atoms in total. The highest BCUT2D eigenvalue weighted by Crippen LogP contribution is 2.16. The van der Waals surface area contributed by atoms with Crippen molar-refractivity contribution in [1.29, 1.82) is 0 Å². The minimum Gasteiger partial charge on any atom is -0.379 e. The van der Waals surface area contributed by atoms with Gasteiger partial charge in [-0.05, 0) is 37.9 Å². The second kappa shape index (κ2) is 13.8. The number of rotatable bonds is 8. The molecule has 1 saturated heterocycles. The largest absolute Gasteiger partial charge is 0.379 e. The zero-order chi connectivity index (χ0) is 20.4. The van der Waals surface area contributed by atoms with Crippen LogP contribution in [0.3, 0.4) is 0 Å². The highest BCUT2D eigenvalue weighted by molar-refractivity contribution is 14.0. The number of aryl methyl sites for hydroxylation is 1. The van der Waals surface area contributed by atoms with Gasteiger partial charge in [0.05, 0.1) is 19.3 Å². The summed E-state index contributed by atoms with van der Waals surface area (Å²) in [5.74, 6) is 0.658. The quantitative estimate of drug-likeness (QED) is 0.239. The van der Waals surface area contributed by atoms with Gasteiger partial charge in [-0.2, -0.15) is 0 Å². The van der Waals surface area contributed by atoms with Gasteiger partial charge < -0.3 is 20.3 Å². The molecule has 2 N–H and O–H groups in total.